The van der Waals surface area contributed by atoms with Crippen LogP contribution in [0.25, 0.3) is 11.5 Å². The fraction of sp³-hybridized carbons (Fsp3) is 0.333. The molecule has 3 aromatic rings. The first-order chi connectivity index (χ1) is 14.9. The van der Waals surface area contributed by atoms with E-state index in [-0.39, 0.29) is 0 Å². The second-order valence-corrected chi connectivity index (χ2v) is 7.64. The third-order valence-corrected chi connectivity index (χ3v) is 5.21. The van der Waals surface area contributed by atoms with E-state index in [1.54, 1.807) is 19.1 Å². The summed E-state index contributed by atoms with van der Waals surface area (Å²) < 4.78 is 17.0. The summed E-state index contributed by atoms with van der Waals surface area (Å²) in [5.41, 5.74) is 3.61. The second kappa shape index (κ2) is 10.5. The molecule has 31 heavy (non-hydrogen) atoms. The first kappa shape index (κ1) is 22.8. The topological polar surface area (TPSA) is 81.8 Å². The molecule has 1 aromatic heterocycles. The second-order valence-electron chi connectivity index (χ2n) is 7.20. The molecular weight excluding hydrogens is 418 g/mol. The van der Waals surface area contributed by atoms with E-state index in [1.807, 2.05) is 44.2 Å². The van der Waals surface area contributed by atoms with Crippen molar-refractivity contribution in [1.82, 2.24) is 4.98 Å². The number of hydrogen-bond acceptors (Lipinski definition) is 5. The number of aromatic nitrogens is 1. The van der Waals surface area contributed by atoms with Crippen LogP contribution in [0, 0.1) is 13.8 Å². The van der Waals surface area contributed by atoms with Crippen LogP contribution in [0.1, 0.15) is 29.5 Å². The van der Waals surface area contributed by atoms with Gasteiger partial charge in [0.1, 0.15) is 11.5 Å². The summed E-state index contributed by atoms with van der Waals surface area (Å²) in [4.78, 5) is 15.9. The highest BCUT2D eigenvalue weighted by Gasteiger charge is 2.19. The Labute approximate surface area is 186 Å². The summed E-state index contributed by atoms with van der Waals surface area (Å²) in [6, 6.07) is 13.0. The number of oxazole rings is 1. The molecule has 3 rings (SSSR count). The number of benzene rings is 2. The molecule has 1 unspecified atom stereocenters. The Morgan fingerprint density at radius 3 is 2.58 bits per heavy atom. The minimum absolute atomic E-state index is 0.320. The quantitative estimate of drug-likeness (QED) is 0.460. The van der Waals surface area contributed by atoms with E-state index >= 15 is 0 Å². The van der Waals surface area contributed by atoms with Crippen LogP contribution in [-0.2, 0) is 22.4 Å². The van der Waals surface area contributed by atoms with Crippen LogP contribution in [0.3, 0.4) is 0 Å². The Hall–Kier alpha value is -2.83. The number of carboxylic acid groups (broad SMARTS) is 1. The van der Waals surface area contributed by atoms with Crippen molar-refractivity contribution in [2.75, 3.05) is 13.2 Å². The molecule has 1 heterocycles. The molecule has 1 atom stereocenters. The smallest absolute Gasteiger partial charge is 0.333 e. The summed E-state index contributed by atoms with van der Waals surface area (Å²) in [5.74, 6) is 1.09. The average molecular weight is 444 g/mol. The van der Waals surface area contributed by atoms with Gasteiger partial charge >= 0.3 is 5.97 Å². The number of ether oxygens (including phenoxy) is 2. The Morgan fingerprint density at radius 1 is 1.19 bits per heavy atom. The van der Waals surface area contributed by atoms with Gasteiger partial charge in [-0.15, -0.1) is 0 Å². The van der Waals surface area contributed by atoms with Gasteiger partial charge in [-0.05, 0) is 68.3 Å². The maximum atomic E-state index is 11.3. The van der Waals surface area contributed by atoms with Crippen molar-refractivity contribution in [3.05, 3.63) is 70.1 Å². The normalized spacial score (nSPS) is 12.0. The number of nitrogens with zero attached hydrogens (tertiary/aromatic N) is 1. The van der Waals surface area contributed by atoms with Gasteiger partial charge in [-0.1, -0.05) is 17.7 Å². The van der Waals surface area contributed by atoms with Gasteiger partial charge in [-0.25, -0.2) is 9.78 Å². The first-order valence-electron chi connectivity index (χ1n) is 10.2. The van der Waals surface area contributed by atoms with Gasteiger partial charge in [0.25, 0.3) is 0 Å². The zero-order valence-corrected chi connectivity index (χ0v) is 18.6. The molecule has 0 amide bonds. The predicted octanol–water partition coefficient (Wildman–Crippen LogP) is 5.27. The molecule has 7 heteroatoms. The van der Waals surface area contributed by atoms with Gasteiger partial charge < -0.3 is 19.0 Å². The largest absolute Gasteiger partial charge is 0.493 e. The Morgan fingerprint density at radius 2 is 1.94 bits per heavy atom. The average Bonchev–Trinajstić information content (AvgIpc) is 3.10. The van der Waals surface area contributed by atoms with Crippen LogP contribution in [0.4, 0.5) is 0 Å². The van der Waals surface area contributed by atoms with Crippen LogP contribution < -0.4 is 4.74 Å². The standard InChI is InChI=1S/C24H26ClNO5/c1-4-29-22(24(27)28)14-18-7-10-20(13-15(18)2)30-12-11-21-16(3)31-23(26-21)17-5-8-19(25)9-6-17/h5-10,13,22H,4,11-12,14H2,1-3H3,(H,27,28). The Bertz CT molecular complexity index is 1030. The summed E-state index contributed by atoms with van der Waals surface area (Å²) in [6.07, 6.45) is 0.0798. The van der Waals surface area contributed by atoms with Gasteiger partial charge in [0.2, 0.25) is 5.89 Å². The van der Waals surface area contributed by atoms with E-state index in [0.29, 0.717) is 37.0 Å². The Balaban J connectivity index is 1.59. The SMILES string of the molecule is CCOC(Cc1ccc(OCCc2nc(-c3ccc(Cl)cc3)oc2C)cc1C)C(=O)O. The Kier molecular flexibility index (Phi) is 7.71. The molecule has 6 nitrogen and oxygen atoms in total. The van der Waals surface area contributed by atoms with E-state index in [2.05, 4.69) is 4.98 Å². The summed E-state index contributed by atoms with van der Waals surface area (Å²) >= 11 is 5.94. The van der Waals surface area contributed by atoms with E-state index < -0.39 is 12.1 Å². The van der Waals surface area contributed by atoms with E-state index in [9.17, 15) is 9.90 Å². The monoisotopic (exact) mass is 443 g/mol. The van der Waals surface area contributed by atoms with E-state index in [1.165, 1.54) is 0 Å². The van der Waals surface area contributed by atoms with Crippen molar-refractivity contribution in [1.29, 1.82) is 0 Å². The third-order valence-electron chi connectivity index (χ3n) is 4.95. The summed E-state index contributed by atoms with van der Waals surface area (Å²) in [7, 11) is 0. The number of hydrogen-bond donors (Lipinski definition) is 1. The van der Waals surface area contributed by atoms with Gasteiger partial charge in [0, 0.05) is 30.0 Å². The number of halogens is 1. The van der Waals surface area contributed by atoms with E-state index in [0.717, 1.165) is 33.9 Å². The third kappa shape index (κ3) is 6.09. The molecule has 0 saturated carbocycles. The van der Waals surface area contributed by atoms with Crippen LogP contribution in [0.2, 0.25) is 5.02 Å². The van der Waals surface area contributed by atoms with E-state index in [4.69, 9.17) is 25.5 Å². The highest BCUT2D eigenvalue weighted by Crippen LogP contribution is 2.24. The van der Waals surface area contributed by atoms with Crippen LogP contribution in [0.5, 0.6) is 5.75 Å². The molecule has 0 spiro atoms. The van der Waals surface area contributed by atoms with Crippen molar-refractivity contribution in [2.24, 2.45) is 0 Å². The first-order valence-corrected chi connectivity index (χ1v) is 10.5. The lowest BCUT2D eigenvalue weighted by Crippen LogP contribution is -2.26. The van der Waals surface area contributed by atoms with Crippen LogP contribution in [0.15, 0.2) is 46.9 Å². The molecule has 164 valence electrons. The zero-order chi connectivity index (χ0) is 22.4. The van der Waals surface area contributed by atoms with Gasteiger partial charge in [0.15, 0.2) is 6.10 Å². The molecule has 0 bridgehead atoms. The molecule has 0 aliphatic carbocycles. The number of aliphatic carboxylic acids is 1. The molecular formula is C24H26ClNO5. The number of carbonyl (C=O) groups is 1. The zero-order valence-electron chi connectivity index (χ0n) is 17.9. The maximum absolute atomic E-state index is 11.3. The number of rotatable bonds is 10. The number of aryl methyl sites for hydroxylation is 2. The molecule has 0 radical (unpaired) electrons. The summed E-state index contributed by atoms with van der Waals surface area (Å²) in [5, 5.41) is 9.94. The molecule has 0 aliphatic heterocycles. The minimum atomic E-state index is -0.956. The van der Waals surface area contributed by atoms with Gasteiger partial charge in [-0.2, -0.15) is 0 Å². The van der Waals surface area contributed by atoms with Crippen LogP contribution >= 0.6 is 11.6 Å². The fourth-order valence-electron chi connectivity index (χ4n) is 3.25. The van der Waals surface area contributed by atoms with Crippen molar-refractivity contribution in [2.45, 2.75) is 39.7 Å². The lowest BCUT2D eigenvalue weighted by atomic mass is 10.0. The number of carboxylic acids is 1. The molecule has 0 fully saturated rings. The molecule has 0 saturated heterocycles. The molecule has 0 aliphatic rings. The van der Waals surface area contributed by atoms with Crippen LogP contribution in [-0.4, -0.2) is 35.4 Å². The predicted molar refractivity (Wildman–Crippen MR) is 119 cm³/mol. The van der Waals surface area contributed by atoms with Crippen molar-refractivity contribution in [3.8, 4) is 17.2 Å². The highest BCUT2D eigenvalue weighted by atomic mass is 35.5. The molecule has 2 aromatic carbocycles. The highest BCUT2D eigenvalue weighted by molar-refractivity contribution is 6.30. The fourth-order valence-corrected chi connectivity index (χ4v) is 3.37. The van der Waals surface area contributed by atoms with Gasteiger partial charge in [-0.3, -0.25) is 0 Å². The van der Waals surface area contributed by atoms with Crippen molar-refractivity contribution < 1.29 is 23.8 Å². The minimum Gasteiger partial charge on any atom is -0.493 e. The molecule has 1 N–H and O–H groups in total. The van der Waals surface area contributed by atoms with Gasteiger partial charge in [0.05, 0.1) is 12.3 Å². The lowest BCUT2D eigenvalue weighted by molar-refractivity contribution is -0.149. The maximum Gasteiger partial charge on any atom is 0.333 e. The van der Waals surface area contributed by atoms with Crippen molar-refractivity contribution >= 4 is 17.6 Å². The van der Waals surface area contributed by atoms with Crippen molar-refractivity contribution in [3.63, 3.8) is 0 Å². The summed E-state index contributed by atoms with van der Waals surface area (Å²) in [6.45, 7) is 6.42. The lowest BCUT2D eigenvalue weighted by Gasteiger charge is -2.15.